The van der Waals surface area contributed by atoms with Gasteiger partial charge in [0, 0.05) is 12.1 Å². The summed E-state index contributed by atoms with van der Waals surface area (Å²) in [5.74, 6) is -0.219. The molecule has 0 saturated carbocycles. The van der Waals surface area contributed by atoms with Gasteiger partial charge in [0.25, 0.3) is 11.6 Å². The molecule has 0 bridgehead atoms. The molecule has 0 atom stereocenters. The van der Waals surface area contributed by atoms with Crippen molar-refractivity contribution in [3.63, 3.8) is 0 Å². The third-order valence-corrected chi connectivity index (χ3v) is 2.38. The van der Waals surface area contributed by atoms with Crippen molar-refractivity contribution in [1.29, 1.82) is 5.26 Å². The van der Waals surface area contributed by atoms with E-state index in [2.05, 4.69) is 20.5 Å². The van der Waals surface area contributed by atoms with Gasteiger partial charge in [0.2, 0.25) is 5.82 Å². The predicted molar refractivity (Wildman–Crippen MR) is 66.9 cm³/mol. The molecule has 1 amide bonds. The molecule has 0 fully saturated rings. The Morgan fingerprint density at radius 1 is 1.55 bits per heavy atom. The Bertz CT molecular complexity index is 730. The van der Waals surface area contributed by atoms with E-state index < -0.39 is 10.8 Å². The summed E-state index contributed by atoms with van der Waals surface area (Å²) in [4.78, 5) is 25.6. The van der Waals surface area contributed by atoms with Gasteiger partial charge in [-0.3, -0.25) is 20.0 Å². The number of aromatic nitrogens is 3. The largest absolute Gasteiger partial charge is 0.318 e. The van der Waals surface area contributed by atoms with Crippen molar-refractivity contribution in [2.75, 3.05) is 5.32 Å². The lowest BCUT2D eigenvalue weighted by Gasteiger charge is -2.04. The van der Waals surface area contributed by atoms with Crippen LogP contribution in [0.25, 0.3) is 0 Å². The Morgan fingerprint density at radius 3 is 2.85 bits per heavy atom. The molecule has 0 aliphatic carbocycles. The second kappa shape index (κ2) is 5.15. The summed E-state index contributed by atoms with van der Waals surface area (Å²) in [6.07, 6.45) is 0. The number of benzene rings is 1. The van der Waals surface area contributed by atoms with Crippen LogP contribution in [0.5, 0.6) is 0 Å². The molecule has 100 valence electrons. The van der Waals surface area contributed by atoms with E-state index in [1.807, 2.05) is 0 Å². The highest BCUT2D eigenvalue weighted by atomic mass is 16.6. The van der Waals surface area contributed by atoms with Crippen LogP contribution in [-0.2, 0) is 0 Å². The third kappa shape index (κ3) is 2.59. The molecule has 1 aromatic carbocycles. The monoisotopic (exact) mass is 272 g/mol. The smallest absolute Gasteiger partial charge is 0.295 e. The molecule has 0 aliphatic heterocycles. The topological polar surface area (TPSA) is 138 Å². The minimum Gasteiger partial charge on any atom is -0.318 e. The summed E-state index contributed by atoms with van der Waals surface area (Å²) in [6, 6.07) is 5.35. The molecule has 0 radical (unpaired) electrons. The number of carbonyl (C=O) groups is 1. The number of aryl methyl sites for hydroxylation is 1. The van der Waals surface area contributed by atoms with Gasteiger partial charge in [0.1, 0.15) is 11.9 Å². The van der Waals surface area contributed by atoms with Crippen molar-refractivity contribution in [1.82, 2.24) is 15.2 Å². The lowest BCUT2D eigenvalue weighted by Crippen LogP contribution is -2.14. The summed E-state index contributed by atoms with van der Waals surface area (Å²) in [7, 11) is 0. The SMILES string of the molecule is Cc1nc(C(=O)Nc2ccc([N+](=O)[O-])cc2C#N)n[nH]1. The first-order valence-electron chi connectivity index (χ1n) is 5.40. The number of carbonyl (C=O) groups excluding carboxylic acids is 1. The average molecular weight is 272 g/mol. The van der Waals surface area contributed by atoms with Gasteiger partial charge in [-0.15, -0.1) is 5.10 Å². The van der Waals surface area contributed by atoms with Gasteiger partial charge in [0.05, 0.1) is 16.2 Å². The first-order chi connectivity index (χ1) is 9.51. The van der Waals surface area contributed by atoms with Gasteiger partial charge < -0.3 is 5.32 Å². The minimum absolute atomic E-state index is 0.0141. The van der Waals surface area contributed by atoms with Gasteiger partial charge in [-0.1, -0.05) is 0 Å². The highest BCUT2D eigenvalue weighted by Crippen LogP contribution is 2.21. The van der Waals surface area contributed by atoms with Crippen molar-refractivity contribution in [2.24, 2.45) is 0 Å². The van der Waals surface area contributed by atoms with Crippen LogP contribution in [0.2, 0.25) is 0 Å². The van der Waals surface area contributed by atoms with Crippen molar-refractivity contribution < 1.29 is 9.72 Å². The summed E-state index contributed by atoms with van der Waals surface area (Å²) in [5.41, 5.74) is -0.0846. The molecule has 2 rings (SSSR count). The first kappa shape index (κ1) is 13.2. The van der Waals surface area contributed by atoms with Gasteiger partial charge in [-0.2, -0.15) is 5.26 Å². The van der Waals surface area contributed by atoms with E-state index in [0.29, 0.717) is 5.82 Å². The Kier molecular flexibility index (Phi) is 3.39. The molecular formula is C11H8N6O3. The van der Waals surface area contributed by atoms with E-state index in [1.165, 1.54) is 12.1 Å². The van der Waals surface area contributed by atoms with Gasteiger partial charge in [-0.05, 0) is 13.0 Å². The number of rotatable bonds is 3. The number of nitriles is 1. The van der Waals surface area contributed by atoms with E-state index in [9.17, 15) is 14.9 Å². The molecule has 1 heterocycles. The Labute approximate surface area is 112 Å². The number of aromatic amines is 1. The Morgan fingerprint density at radius 2 is 2.30 bits per heavy atom. The number of amides is 1. The number of non-ortho nitro benzene ring substituents is 1. The fourth-order valence-corrected chi connectivity index (χ4v) is 1.47. The van der Waals surface area contributed by atoms with Gasteiger partial charge in [-0.25, -0.2) is 4.98 Å². The standard InChI is InChI=1S/C11H8N6O3/c1-6-13-10(16-15-6)11(18)14-9-3-2-8(17(19)20)4-7(9)5-12/h2-4H,1H3,(H,14,18)(H,13,15,16). The van der Waals surface area contributed by atoms with Crippen LogP contribution in [-0.4, -0.2) is 26.0 Å². The van der Waals surface area contributed by atoms with E-state index >= 15 is 0 Å². The molecule has 9 nitrogen and oxygen atoms in total. The number of hydrogen-bond donors (Lipinski definition) is 2. The Hall–Kier alpha value is -3.28. The summed E-state index contributed by atoms with van der Waals surface area (Å²) >= 11 is 0. The number of nitrogens with zero attached hydrogens (tertiary/aromatic N) is 4. The van der Waals surface area contributed by atoms with Crippen LogP contribution in [0.15, 0.2) is 18.2 Å². The van der Waals surface area contributed by atoms with Crippen LogP contribution in [0.1, 0.15) is 22.0 Å². The van der Waals surface area contributed by atoms with Crippen LogP contribution in [0.3, 0.4) is 0 Å². The zero-order chi connectivity index (χ0) is 14.7. The zero-order valence-electron chi connectivity index (χ0n) is 10.2. The second-order valence-electron chi connectivity index (χ2n) is 3.80. The van der Waals surface area contributed by atoms with Gasteiger partial charge in [0.15, 0.2) is 0 Å². The molecule has 2 aromatic rings. The number of nitrogens with one attached hydrogen (secondary N) is 2. The minimum atomic E-state index is -0.620. The molecular weight excluding hydrogens is 264 g/mol. The fourth-order valence-electron chi connectivity index (χ4n) is 1.47. The lowest BCUT2D eigenvalue weighted by atomic mass is 10.1. The van der Waals surface area contributed by atoms with Crippen LogP contribution in [0, 0.1) is 28.4 Å². The highest BCUT2D eigenvalue weighted by molar-refractivity contribution is 6.02. The van der Waals surface area contributed by atoms with Crippen LogP contribution < -0.4 is 5.32 Å². The third-order valence-electron chi connectivity index (χ3n) is 2.38. The van der Waals surface area contributed by atoms with Crippen molar-refractivity contribution in [2.45, 2.75) is 6.92 Å². The molecule has 9 heteroatoms. The van der Waals surface area contributed by atoms with Crippen LogP contribution in [0.4, 0.5) is 11.4 Å². The van der Waals surface area contributed by atoms with E-state index in [1.54, 1.807) is 13.0 Å². The second-order valence-corrected chi connectivity index (χ2v) is 3.80. The molecule has 20 heavy (non-hydrogen) atoms. The maximum atomic E-state index is 11.8. The van der Waals surface area contributed by atoms with E-state index in [4.69, 9.17) is 5.26 Å². The van der Waals surface area contributed by atoms with E-state index in [-0.39, 0.29) is 22.8 Å². The quantitative estimate of drug-likeness (QED) is 0.634. The molecule has 1 aromatic heterocycles. The summed E-state index contributed by atoms with van der Waals surface area (Å²) in [6.45, 7) is 1.64. The number of hydrogen-bond acceptors (Lipinski definition) is 6. The van der Waals surface area contributed by atoms with Crippen molar-refractivity contribution >= 4 is 17.3 Å². The molecule has 0 saturated heterocycles. The number of nitro benzene ring substituents is 1. The first-order valence-corrected chi connectivity index (χ1v) is 5.40. The summed E-state index contributed by atoms with van der Waals surface area (Å²) < 4.78 is 0. The fraction of sp³-hybridized carbons (Fsp3) is 0.0909. The van der Waals surface area contributed by atoms with Crippen LogP contribution >= 0.6 is 0 Å². The predicted octanol–water partition coefficient (Wildman–Crippen LogP) is 1.15. The van der Waals surface area contributed by atoms with Gasteiger partial charge >= 0.3 is 0 Å². The summed E-state index contributed by atoms with van der Waals surface area (Å²) in [5, 5.41) is 28.2. The van der Waals surface area contributed by atoms with Crippen molar-refractivity contribution in [3.05, 3.63) is 45.5 Å². The van der Waals surface area contributed by atoms with Crippen molar-refractivity contribution in [3.8, 4) is 6.07 Å². The number of H-pyrrole nitrogens is 1. The number of anilines is 1. The molecule has 0 aliphatic rings. The Balaban J connectivity index is 2.28. The maximum absolute atomic E-state index is 11.8. The molecule has 0 spiro atoms. The molecule has 0 unspecified atom stereocenters. The average Bonchev–Trinajstić information content (AvgIpc) is 2.85. The number of nitro groups is 1. The van der Waals surface area contributed by atoms with E-state index in [0.717, 1.165) is 6.07 Å². The normalized spacial score (nSPS) is 9.80. The lowest BCUT2D eigenvalue weighted by molar-refractivity contribution is -0.384. The zero-order valence-corrected chi connectivity index (χ0v) is 10.2. The maximum Gasteiger partial charge on any atom is 0.295 e. The molecule has 2 N–H and O–H groups in total. The highest BCUT2D eigenvalue weighted by Gasteiger charge is 2.16.